The lowest BCUT2D eigenvalue weighted by molar-refractivity contribution is -0.138. The van der Waals surface area contributed by atoms with Crippen molar-refractivity contribution in [2.24, 2.45) is 0 Å². The van der Waals surface area contributed by atoms with E-state index in [1.54, 1.807) is 43.3 Å². The van der Waals surface area contributed by atoms with E-state index in [1.807, 2.05) is 18.2 Å². The lowest BCUT2D eigenvalue weighted by Gasteiger charge is -2.22. The van der Waals surface area contributed by atoms with Gasteiger partial charge in [0.25, 0.3) is 17.0 Å². The van der Waals surface area contributed by atoms with Crippen LogP contribution in [-0.2, 0) is 15.1 Å². The molecule has 0 bridgehead atoms. The number of imide groups is 1. The Labute approximate surface area is 187 Å². The lowest BCUT2D eigenvalue weighted by Crippen LogP contribution is -2.48. The molecule has 1 aromatic heterocycles. The molecule has 1 fully saturated rings. The Kier molecular flexibility index (Phi) is 5.82. The number of amides is 4. The Bertz CT molecular complexity index is 1170. The lowest BCUT2D eigenvalue weighted by atomic mass is 9.92. The first kappa shape index (κ1) is 21.4. The summed E-state index contributed by atoms with van der Waals surface area (Å²) in [5.74, 6) is -0.480. The Morgan fingerprint density at radius 1 is 1.16 bits per heavy atom. The van der Waals surface area contributed by atoms with Gasteiger partial charge < -0.3 is 14.5 Å². The number of benzene rings is 2. The maximum absolute atomic E-state index is 12.8. The summed E-state index contributed by atoms with van der Waals surface area (Å²) < 4.78 is 10.9. The average molecular weight is 453 g/mol. The SMILES string of the molecule is COc1ccccc1-c1nnc(SCC(=O)NN2C(=O)N[C@@](C)(c3ccccc3)C2=O)o1. The number of nitrogens with one attached hydrogen (secondary N) is 2. The van der Waals surface area contributed by atoms with Gasteiger partial charge in [0.1, 0.15) is 11.3 Å². The number of aromatic nitrogens is 2. The quantitative estimate of drug-likeness (QED) is 0.412. The third kappa shape index (κ3) is 4.02. The summed E-state index contributed by atoms with van der Waals surface area (Å²) >= 11 is 0.977. The fourth-order valence-electron chi connectivity index (χ4n) is 3.19. The zero-order chi connectivity index (χ0) is 22.7. The van der Waals surface area contributed by atoms with Crippen LogP contribution in [0.1, 0.15) is 12.5 Å². The number of thioether (sulfide) groups is 1. The molecule has 32 heavy (non-hydrogen) atoms. The standard InChI is InChI=1S/C21H19N5O5S/c1-21(13-8-4-3-5-9-13)18(28)26(19(29)22-21)25-16(27)12-32-20-24-23-17(31-20)14-10-6-7-11-15(14)30-2/h3-11H,12H2,1-2H3,(H,22,29)(H,25,27)/t21-/m0/s1. The second-order valence-electron chi connectivity index (χ2n) is 6.96. The van der Waals surface area contributed by atoms with E-state index in [1.165, 1.54) is 7.11 Å². The maximum Gasteiger partial charge on any atom is 0.344 e. The molecule has 1 aliphatic rings. The number of hydrazine groups is 1. The Morgan fingerprint density at radius 2 is 1.88 bits per heavy atom. The highest BCUT2D eigenvalue weighted by atomic mass is 32.2. The molecule has 2 N–H and O–H groups in total. The van der Waals surface area contributed by atoms with Crippen LogP contribution in [0.15, 0.2) is 64.2 Å². The van der Waals surface area contributed by atoms with Crippen LogP contribution in [0.5, 0.6) is 5.75 Å². The third-order valence-electron chi connectivity index (χ3n) is 4.85. The highest BCUT2D eigenvalue weighted by Gasteiger charge is 2.49. The van der Waals surface area contributed by atoms with Crippen molar-refractivity contribution in [1.29, 1.82) is 0 Å². The summed E-state index contributed by atoms with van der Waals surface area (Å²) in [7, 11) is 1.54. The molecule has 0 saturated carbocycles. The monoisotopic (exact) mass is 453 g/mol. The van der Waals surface area contributed by atoms with Crippen LogP contribution >= 0.6 is 11.8 Å². The predicted molar refractivity (Wildman–Crippen MR) is 114 cm³/mol. The fourth-order valence-corrected chi connectivity index (χ4v) is 3.75. The number of hydrogen-bond acceptors (Lipinski definition) is 8. The first-order valence-electron chi connectivity index (χ1n) is 9.54. The van der Waals surface area contributed by atoms with Crippen LogP contribution in [0.25, 0.3) is 11.5 Å². The number of carbonyl (C=O) groups excluding carboxylic acids is 3. The maximum atomic E-state index is 12.8. The van der Waals surface area contributed by atoms with E-state index in [9.17, 15) is 14.4 Å². The number of rotatable bonds is 7. The number of para-hydroxylation sites is 1. The first-order chi connectivity index (χ1) is 15.4. The summed E-state index contributed by atoms with van der Waals surface area (Å²) in [6.45, 7) is 1.58. The molecular formula is C21H19N5O5S. The number of carbonyl (C=O) groups is 3. The summed E-state index contributed by atoms with van der Waals surface area (Å²) in [5.41, 5.74) is 2.30. The minimum Gasteiger partial charge on any atom is -0.496 e. The number of nitrogens with zero attached hydrogens (tertiary/aromatic N) is 3. The van der Waals surface area contributed by atoms with Gasteiger partial charge in [-0.1, -0.05) is 54.2 Å². The van der Waals surface area contributed by atoms with Crippen molar-refractivity contribution in [3.8, 4) is 17.2 Å². The molecule has 11 heteroatoms. The van der Waals surface area contributed by atoms with Crippen molar-refractivity contribution in [2.75, 3.05) is 12.9 Å². The molecule has 2 aromatic carbocycles. The van der Waals surface area contributed by atoms with Gasteiger partial charge >= 0.3 is 6.03 Å². The van der Waals surface area contributed by atoms with Crippen LogP contribution in [0, 0.1) is 0 Å². The number of ether oxygens (including phenoxy) is 1. The van der Waals surface area contributed by atoms with E-state index in [0.717, 1.165) is 11.8 Å². The van der Waals surface area contributed by atoms with E-state index in [0.29, 0.717) is 21.9 Å². The number of methoxy groups -OCH3 is 1. The van der Waals surface area contributed by atoms with Crippen molar-refractivity contribution >= 4 is 29.6 Å². The minimum atomic E-state index is -1.27. The van der Waals surface area contributed by atoms with E-state index in [2.05, 4.69) is 20.9 Å². The van der Waals surface area contributed by atoms with Crippen LogP contribution < -0.4 is 15.5 Å². The topological polar surface area (TPSA) is 127 Å². The molecule has 4 amide bonds. The van der Waals surface area contributed by atoms with Gasteiger partial charge in [-0.3, -0.25) is 15.0 Å². The van der Waals surface area contributed by atoms with Crippen molar-refractivity contribution < 1.29 is 23.5 Å². The molecular weight excluding hydrogens is 434 g/mol. The van der Waals surface area contributed by atoms with Crippen molar-refractivity contribution in [2.45, 2.75) is 17.7 Å². The summed E-state index contributed by atoms with van der Waals surface area (Å²) in [4.78, 5) is 37.5. The Balaban J connectivity index is 1.38. The van der Waals surface area contributed by atoms with E-state index in [4.69, 9.17) is 9.15 Å². The molecule has 0 unspecified atom stereocenters. The van der Waals surface area contributed by atoms with E-state index < -0.39 is 23.4 Å². The van der Waals surface area contributed by atoms with Gasteiger partial charge in [0, 0.05) is 0 Å². The van der Waals surface area contributed by atoms with Crippen LogP contribution in [-0.4, -0.2) is 45.9 Å². The Morgan fingerprint density at radius 3 is 2.62 bits per heavy atom. The molecule has 0 radical (unpaired) electrons. The van der Waals surface area contributed by atoms with Gasteiger partial charge in [-0.15, -0.1) is 10.2 Å². The van der Waals surface area contributed by atoms with Crippen LogP contribution in [0.4, 0.5) is 4.79 Å². The van der Waals surface area contributed by atoms with Gasteiger partial charge in [-0.25, -0.2) is 4.79 Å². The second-order valence-corrected chi connectivity index (χ2v) is 7.89. The zero-order valence-corrected chi connectivity index (χ0v) is 18.0. The highest BCUT2D eigenvalue weighted by molar-refractivity contribution is 7.99. The van der Waals surface area contributed by atoms with Crippen LogP contribution in [0.3, 0.4) is 0 Å². The molecule has 3 aromatic rings. The van der Waals surface area contributed by atoms with Crippen molar-refractivity contribution in [3.63, 3.8) is 0 Å². The number of hydrogen-bond donors (Lipinski definition) is 2. The van der Waals surface area contributed by atoms with Gasteiger partial charge in [0.05, 0.1) is 18.4 Å². The van der Waals surface area contributed by atoms with Gasteiger partial charge in [0.2, 0.25) is 5.91 Å². The smallest absolute Gasteiger partial charge is 0.344 e. The summed E-state index contributed by atoms with van der Waals surface area (Å²) in [6.07, 6.45) is 0. The molecule has 1 saturated heterocycles. The third-order valence-corrected chi connectivity index (χ3v) is 5.67. The van der Waals surface area contributed by atoms with E-state index >= 15 is 0 Å². The summed E-state index contributed by atoms with van der Waals surface area (Å²) in [5, 5.41) is 11.4. The van der Waals surface area contributed by atoms with Gasteiger partial charge in [0.15, 0.2) is 0 Å². The summed E-state index contributed by atoms with van der Waals surface area (Å²) in [6, 6.07) is 15.3. The normalized spacial score (nSPS) is 17.9. The predicted octanol–water partition coefficient (Wildman–Crippen LogP) is 2.34. The van der Waals surface area contributed by atoms with Crippen molar-refractivity contribution in [1.82, 2.24) is 25.9 Å². The molecule has 164 valence electrons. The van der Waals surface area contributed by atoms with Gasteiger partial charge in [-0.2, -0.15) is 5.01 Å². The molecule has 4 rings (SSSR count). The second kappa shape index (κ2) is 8.71. The molecule has 0 spiro atoms. The average Bonchev–Trinajstić information content (AvgIpc) is 3.37. The fraction of sp³-hybridized carbons (Fsp3) is 0.190. The largest absolute Gasteiger partial charge is 0.496 e. The molecule has 10 nitrogen and oxygen atoms in total. The van der Waals surface area contributed by atoms with Crippen molar-refractivity contribution in [3.05, 3.63) is 60.2 Å². The van der Waals surface area contributed by atoms with Crippen LogP contribution in [0.2, 0.25) is 0 Å². The van der Waals surface area contributed by atoms with E-state index in [-0.39, 0.29) is 16.9 Å². The highest BCUT2D eigenvalue weighted by Crippen LogP contribution is 2.30. The Hall–Kier alpha value is -3.86. The molecule has 1 atom stereocenters. The first-order valence-corrected chi connectivity index (χ1v) is 10.5. The minimum absolute atomic E-state index is 0.146. The van der Waals surface area contributed by atoms with Gasteiger partial charge in [-0.05, 0) is 24.6 Å². The zero-order valence-electron chi connectivity index (χ0n) is 17.2. The molecule has 2 heterocycles. The molecule has 0 aliphatic carbocycles. The number of urea groups is 1. The molecule has 1 aliphatic heterocycles.